The number of anilines is 1. The molecule has 1 aromatic rings. The van der Waals surface area contributed by atoms with E-state index in [0.717, 1.165) is 0 Å². The maximum Gasteiger partial charge on any atom is 0.231 e. The first-order chi connectivity index (χ1) is 7.66. The van der Waals surface area contributed by atoms with E-state index in [4.69, 9.17) is 21.1 Å². The average molecular weight is 241 g/mol. The molecule has 0 unspecified atom stereocenters. The van der Waals surface area contributed by atoms with Gasteiger partial charge in [0.2, 0.25) is 6.79 Å². The van der Waals surface area contributed by atoms with Crippen molar-refractivity contribution in [1.29, 1.82) is 0 Å². The van der Waals surface area contributed by atoms with Crippen LogP contribution in [0.4, 0.5) is 5.69 Å². The molecule has 1 aliphatic rings. The summed E-state index contributed by atoms with van der Waals surface area (Å²) in [6.45, 7) is 1.56. The van der Waals surface area contributed by atoms with Crippen molar-refractivity contribution in [3.05, 3.63) is 18.2 Å². The second-order valence-electron chi connectivity index (χ2n) is 3.14. The van der Waals surface area contributed by atoms with Gasteiger partial charge in [0.15, 0.2) is 22.5 Å². The molecule has 5 nitrogen and oxygen atoms in total. The van der Waals surface area contributed by atoms with Gasteiger partial charge in [0.1, 0.15) is 0 Å². The SMILES string of the molecule is CC(=O)C(Cl)=NNc1ccc2c(c1)OCO2. The number of fused-ring (bicyclic) bond motifs is 1. The average Bonchev–Trinajstić information content (AvgIpc) is 2.72. The second kappa shape index (κ2) is 4.40. The highest BCUT2D eigenvalue weighted by atomic mass is 35.5. The Morgan fingerprint density at radius 1 is 1.44 bits per heavy atom. The number of benzene rings is 1. The standard InChI is InChI=1S/C10H9ClN2O3/c1-6(14)10(11)13-12-7-2-3-8-9(4-7)16-5-15-8/h2-4,12H,5H2,1H3. The normalized spacial score (nSPS) is 13.8. The van der Waals surface area contributed by atoms with Gasteiger partial charge in [-0.3, -0.25) is 10.2 Å². The number of ketones is 1. The molecule has 0 spiro atoms. The second-order valence-corrected chi connectivity index (χ2v) is 3.50. The van der Waals surface area contributed by atoms with Gasteiger partial charge in [-0.2, -0.15) is 5.10 Å². The Bertz CT molecular complexity index is 459. The molecule has 0 radical (unpaired) electrons. The molecule has 0 atom stereocenters. The molecule has 0 bridgehead atoms. The highest BCUT2D eigenvalue weighted by molar-refractivity contribution is 6.82. The summed E-state index contributed by atoms with van der Waals surface area (Å²) in [5.41, 5.74) is 3.33. The quantitative estimate of drug-likeness (QED) is 0.648. The molecule has 6 heteroatoms. The van der Waals surface area contributed by atoms with E-state index in [9.17, 15) is 4.79 Å². The van der Waals surface area contributed by atoms with E-state index in [1.807, 2.05) is 0 Å². The van der Waals surface area contributed by atoms with Crippen molar-refractivity contribution in [3.8, 4) is 11.5 Å². The van der Waals surface area contributed by atoms with Crippen LogP contribution in [0.3, 0.4) is 0 Å². The smallest absolute Gasteiger partial charge is 0.231 e. The van der Waals surface area contributed by atoms with Crippen LogP contribution < -0.4 is 14.9 Å². The van der Waals surface area contributed by atoms with Gasteiger partial charge in [-0.25, -0.2) is 0 Å². The van der Waals surface area contributed by atoms with E-state index in [1.54, 1.807) is 18.2 Å². The summed E-state index contributed by atoms with van der Waals surface area (Å²) in [4.78, 5) is 10.8. The molecule has 1 aromatic carbocycles. The maximum atomic E-state index is 10.8. The highest BCUT2D eigenvalue weighted by Gasteiger charge is 2.12. The molecule has 84 valence electrons. The molecule has 0 amide bonds. The lowest BCUT2D eigenvalue weighted by atomic mass is 10.3. The predicted octanol–water partition coefficient (Wildman–Crippen LogP) is 1.97. The van der Waals surface area contributed by atoms with Crippen LogP contribution in [0.15, 0.2) is 23.3 Å². The Balaban J connectivity index is 2.11. The molecule has 0 aliphatic carbocycles. The summed E-state index contributed by atoms with van der Waals surface area (Å²) in [5, 5.41) is 3.61. The third-order valence-corrected chi connectivity index (χ3v) is 2.30. The number of hydrogen-bond acceptors (Lipinski definition) is 5. The van der Waals surface area contributed by atoms with Crippen molar-refractivity contribution in [3.63, 3.8) is 0 Å². The number of halogens is 1. The van der Waals surface area contributed by atoms with Crippen LogP contribution in [-0.4, -0.2) is 17.7 Å². The number of nitrogens with zero attached hydrogens (tertiary/aromatic N) is 1. The van der Waals surface area contributed by atoms with E-state index in [-0.39, 0.29) is 17.7 Å². The highest BCUT2D eigenvalue weighted by Crippen LogP contribution is 2.34. The van der Waals surface area contributed by atoms with Crippen LogP contribution in [0.5, 0.6) is 11.5 Å². The molecule has 0 saturated heterocycles. The van der Waals surface area contributed by atoms with E-state index in [2.05, 4.69) is 10.5 Å². The third kappa shape index (κ3) is 2.25. The lowest BCUT2D eigenvalue weighted by Gasteiger charge is -2.01. The zero-order chi connectivity index (χ0) is 11.5. The van der Waals surface area contributed by atoms with Gasteiger partial charge in [0, 0.05) is 13.0 Å². The van der Waals surface area contributed by atoms with Gasteiger partial charge < -0.3 is 9.47 Å². The fourth-order valence-corrected chi connectivity index (χ4v) is 1.20. The Hall–Kier alpha value is -1.75. The first-order valence-electron chi connectivity index (χ1n) is 4.56. The molecular formula is C10H9ClN2O3. The predicted molar refractivity (Wildman–Crippen MR) is 60.2 cm³/mol. The Kier molecular flexibility index (Phi) is 2.96. The zero-order valence-corrected chi connectivity index (χ0v) is 9.25. The summed E-state index contributed by atoms with van der Waals surface area (Å²) >= 11 is 5.56. The molecule has 1 N–H and O–H groups in total. The van der Waals surface area contributed by atoms with Crippen molar-refractivity contribution in [2.75, 3.05) is 12.2 Å². The van der Waals surface area contributed by atoms with Gasteiger partial charge in [-0.05, 0) is 12.1 Å². The van der Waals surface area contributed by atoms with Gasteiger partial charge in [0.05, 0.1) is 5.69 Å². The van der Waals surface area contributed by atoms with Crippen LogP contribution in [0.1, 0.15) is 6.92 Å². The number of Topliss-reactive ketones (excluding diaryl/α,β-unsaturated/α-hetero) is 1. The minimum absolute atomic E-state index is 0.0994. The fourth-order valence-electron chi connectivity index (χ4n) is 1.16. The summed E-state index contributed by atoms with van der Waals surface area (Å²) in [5.74, 6) is 1.03. The first kappa shape index (κ1) is 10.8. The van der Waals surface area contributed by atoms with Crippen molar-refractivity contribution >= 4 is 28.2 Å². The number of hydrazone groups is 1. The van der Waals surface area contributed by atoms with Crippen molar-refractivity contribution in [2.24, 2.45) is 5.10 Å². The maximum absolute atomic E-state index is 10.8. The number of nitrogens with one attached hydrogen (secondary N) is 1. The lowest BCUT2D eigenvalue weighted by Crippen LogP contribution is -2.04. The summed E-state index contributed by atoms with van der Waals surface area (Å²) < 4.78 is 10.3. The number of carbonyl (C=O) groups is 1. The minimum atomic E-state index is -0.296. The lowest BCUT2D eigenvalue weighted by molar-refractivity contribution is -0.110. The van der Waals surface area contributed by atoms with Crippen molar-refractivity contribution < 1.29 is 14.3 Å². The van der Waals surface area contributed by atoms with Crippen LogP contribution in [0, 0.1) is 0 Å². The van der Waals surface area contributed by atoms with Crippen LogP contribution in [0.25, 0.3) is 0 Å². The molecule has 16 heavy (non-hydrogen) atoms. The molecule has 0 aromatic heterocycles. The third-order valence-electron chi connectivity index (χ3n) is 1.95. The molecule has 1 heterocycles. The number of ether oxygens (including phenoxy) is 2. The molecule has 0 fully saturated rings. The molecular weight excluding hydrogens is 232 g/mol. The minimum Gasteiger partial charge on any atom is -0.454 e. The van der Waals surface area contributed by atoms with E-state index >= 15 is 0 Å². The van der Waals surface area contributed by atoms with Gasteiger partial charge >= 0.3 is 0 Å². The van der Waals surface area contributed by atoms with E-state index < -0.39 is 0 Å². The molecule has 1 aliphatic heterocycles. The molecule has 2 rings (SSSR count). The number of hydrogen-bond donors (Lipinski definition) is 1. The zero-order valence-electron chi connectivity index (χ0n) is 8.49. The summed E-state index contributed by atoms with van der Waals surface area (Å²) in [6.07, 6.45) is 0. The first-order valence-corrected chi connectivity index (χ1v) is 4.94. The summed E-state index contributed by atoms with van der Waals surface area (Å²) in [7, 11) is 0. The molecule has 0 saturated carbocycles. The van der Waals surface area contributed by atoms with Crippen molar-refractivity contribution in [2.45, 2.75) is 6.92 Å². The Morgan fingerprint density at radius 2 is 2.19 bits per heavy atom. The van der Waals surface area contributed by atoms with Crippen molar-refractivity contribution in [1.82, 2.24) is 0 Å². The Morgan fingerprint density at radius 3 is 2.94 bits per heavy atom. The van der Waals surface area contributed by atoms with E-state index in [1.165, 1.54) is 6.92 Å². The van der Waals surface area contributed by atoms with Gasteiger partial charge in [-0.15, -0.1) is 0 Å². The van der Waals surface area contributed by atoms with Crippen LogP contribution in [-0.2, 0) is 4.79 Å². The number of rotatable bonds is 3. The van der Waals surface area contributed by atoms with Gasteiger partial charge in [-0.1, -0.05) is 11.6 Å². The largest absolute Gasteiger partial charge is 0.454 e. The van der Waals surface area contributed by atoms with E-state index in [0.29, 0.717) is 17.2 Å². The van der Waals surface area contributed by atoms with Gasteiger partial charge in [0.25, 0.3) is 0 Å². The monoisotopic (exact) mass is 240 g/mol. The van der Waals surface area contributed by atoms with Crippen LogP contribution >= 0.6 is 11.6 Å². The fraction of sp³-hybridized carbons (Fsp3) is 0.200. The van der Waals surface area contributed by atoms with Crippen LogP contribution in [0.2, 0.25) is 0 Å². The number of carbonyl (C=O) groups excluding carboxylic acids is 1. The Labute approximate surface area is 97.0 Å². The summed E-state index contributed by atoms with van der Waals surface area (Å²) in [6, 6.07) is 5.22. The topological polar surface area (TPSA) is 59.9 Å².